The Morgan fingerprint density at radius 2 is 2.00 bits per heavy atom. The molecule has 0 saturated carbocycles. The summed E-state index contributed by atoms with van der Waals surface area (Å²) in [5.74, 6) is 1.02. The molecule has 1 heterocycles. The van der Waals surface area contributed by atoms with E-state index in [1.807, 2.05) is 0 Å². The molecule has 2 rings (SSSR count). The lowest BCUT2D eigenvalue weighted by molar-refractivity contribution is -0.120. The number of nitrogens with zero attached hydrogens (tertiary/aromatic N) is 1. The van der Waals surface area contributed by atoms with E-state index in [1.54, 1.807) is 0 Å². The largest absolute Gasteiger partial charge is 0.356 e. The van der Waals surface area contributed by atoms with Gasteiger partial charge in [-0.25, -0.2) is 0 Å². The zero-order chi connectivity index (χ0) is 15.9. The smallest absolute Gasteiger partial charge is 0.224 e. The van der Waals surface area contributed by atoms with Crippen molar-refractivity contribution in [2.75, 3.05) is 26.2 Å². The van der Waals surface area contributed by atoms with Gasteiger partial charge in [0.25, 0.3) is 0 Å². The highest BCUT2D eigenvalue weighted by atomic mass is 16.1. The summed E-state index contributed by atoms with van der Waals surface area (Å²) in [6, 6.07) is 6.28. The van der Waals surface area contributed by atoms with Crippen LogP contribution in [0.5, 0.6) is 0 Å². The van der Waals surface area contributed by atoms with Crippen molar-refractivity contribution in [2.24, 2.45) is 5.92 Å². The van der Waals surface area contributed by atoms with Gasteiger partial charge in [0.05, 0.1) is 6.42 Å². The zero-order valence-electron chi connectivity index (χ0n) is 14.3. The molecule has 0 aliphatic carbocycles. The second kappa shape index (κ2) is 8.33. The Labute approximate surface area is 135 Å². The maximum atomic E-state index is 12.0. The summed E-state index contributed by atoms with van der Waals surface area (Å²) in [5, 5.41) is 3.06. The quantitative estimate of drug-likeness (QED) is 0.819. The molecule has 0 radical (unpaired) electrons. The average molecular weight is 302 g/mol. The molecule has 22 heavy (non-hydrogen) atoms. The monoisotopic (exact) mass is 302 g/mol. The number of piperidine rings is 1. The van der Waals surface area contributed by atoms with Crippen LogP contribution in [0.15, 0.2) is 18.2 Å². The Morgan fingerprint density at radius 3 is 2.68 bits per heavy atom. The highest BCUT2D eigenvalue weighted by Crippen LogP contribution is 2.15. The van der Waals surface area contributed by atoms with E-state index in [4.69, 9.17) is 0 Å². The van der Waals surface area contributed by atoms with Crippen molar-refractivity contribution < 1.29 is 4.79 Å². The number of rotatable bonds is 6. The first-order chi connectivity index (χ1) is 10.5. The first-order valence-corrected chi connectivity index (χ1v) is 8.60. The molecular formula is C19H30N2O. The number of hydrogen-bond donors (Lipinski definition) is 1. The lowest BCUT2D eigenvalue weighted by Crippen LogP contribution is -2.35. The van der Waals surface area contributed by atoms with Crippen molar-refractivity contribution in [3.63, 3.8) is 0 Å². The minimum absolute atomic E-state index is 0.138. The summed E-state index contributed by atoms with van der Waals surface area (Å²) in [6.07, 6.45) is 4.18. The van der Waals surface area contributed by atoms with Crippen molar-refractivity contribution in [2.45, 2.75) is 46.5 Å². The van der Waals surface area contributed by atoms with Gasteiger partial charge in [0.2, 0.25) is 5.91 Å². The van der Waals surface area contributed by atoms with Crippen LogP contribution in [0.2, 0.25) is 0 Å². The summed E-state index contributed by atoms with van der Waals surface area (Å²) in [5.41, 5.74) is 3.59. The molecule has 0 spiro atoms. The van der Waals surface area contributed by atoms with Gasteiger partial charge in [0.1, 0.15) is 0 Å². The standard InChI is InChI=1S/C19H30N2O/c1-15-7-11-21(12-8-15)10-4-9-20-19(22)14-18-6-5-16(2)13-17(18)3/h5-6,13,15H,4,7-12,14H2,1-3H3,(H,20,22). The van der Waals surface area contributed by atoms with Gasteiger partial charge >= 0.3 is 0 Å². The molecule has 1 aromatic rings. The molecule has 0 aromatic heterocycles. The lowest BCUT2D eigenvalue weighted by Gasteiger charge is -2.30. The molecule has 122 valence electrons. The van der Waals surface area contributed by atoms with Gasteiger partial charge in [0, 0.05) is 6.54 Å². The topological polar surface area (TPSA) is 32.3 Å². The van der Waals surface area contributed by atoms with E-state index in [-0.39, 0.29) is 5.91 Å². The SMILES string of the molecule is Cc1ccc(CC(=O)NCCCN2CCC(C)CC2)c(C)c1. The molecule has 1 saturated heterocycles. The molecule has 3 nitrogen and oxygen atoms in total. The summed E-state index contributed by atoms with van der Waals surface area (Å²) in [7, 11) is 0. The van der Waals surface area contributed by atoms with Gasteiger partial charge in [0.15, 0.2) is 0 Å². The fraction of sp³-hybridized carbons (Fsp3) is 0.632. The van der Waals surface area contributed by atoms with Crippen LogP contribution < -0.4 is 5.32 Å². The Balaban J connectivity index is 1.63. The van der Waals surface area contributed by atoms with E-state index in [0.717, 1.165) is 31.0 Å². The van der Waals surface area contributed by atoms with E-state index >= 15 is 0 Å². The van der Waals surface area contributed by atoms with Crippen LogP contribution >= 0.6 is 0 Å². The average Bonchev–Trinajstić information content (AvgIpc) is 2.48. The van der Waals surface area contributed by atoms with Crippen molar-refractivity contribution >= 4 is 5.91 Å². The Kier molecular flexibility index (Phi) is 6.44. The maximum absolute atomic E-state index is 12.0. The van der Waals surface area contributed by atoms with Gasteiger partial charge in [-0.2, -0.15) is 0 Å². The molecule has 1 aromatic carbocycles. The fourth-order valence-electron chi connectivity index (χ4n) is 3.10. The summed E-state index contributed by atoms with van der Waals surface area (Å²) in [4.78, 5) is 14.5. The first kappa shape index (κ1) is 17.0. The first-order valence-electron chi connectivity index (χ1n) is 8.60. The van der Waals surface area contributed by atoms with E-state index < -0.39 is 0 Å². The van der Waals surface area contributed by atoms with Crippen LogP contribution in [0.4, 0.5) is 0 Å². The summed E-state index contributed by atoms with van der Waals surface area (Å²) >= 11 is 0. The van der Waals surface area contributed by atoms with Crippen molar-refractivity contribution in [3.05, 3.63) is 34.9 Å². The van der Waals surface area contributed by atoms with Gasteiger partial charge in [-0.15, -0.1) is 0 Å². The predicted octanol–water partition coefficient (Wildman–Crippen LogP) is 3.08. The van der Waals surface area contributed by atoms with Crippen LogP contribution in [0, 0.1) is 19.8 Å². The number of likely N-dealkylation sites (tertiary alicyclic amines) is 1. The Morgan fingerprint density at radius 1 is 1.27 bits per heavy atom. The van der Waals surface area contributed by atoms with Crippen LogP contribution in [-0.4, -0.2) is 37.0 Å². The minimum Gasteiger partial charge on any atom is -0.356 e. The Hall–Kier alpha value is -1.35. The number of hydrogen-bond acceptors (Lipinski definition) is 2. The molecule has 1 aliphatic rings. The predicted molar refractivity (Wildman–Crippen MR) is 92.1 cm³/mol. The van der Waals surface area contributed by atoms with E-state index in [0.29, 0.717) is 6.42 Å². The molecule has 3 heteroatoms. The lowest BCUT2D eigenvalue weighted by atomic mass is 9.99. The Bertz CT molecular complexity index is 490. The number of amides is 1. The van der Waals surface area contributed by atoms with Crippen LogP contribution in [0.25, 0.3) is 0 Å². The second-order valence-electron chi connectivity index (χ2n) is 6.83. The second-order valence-corrected chi connectivity index (χ2v) is 6.83. The summed E-state index contributed by atoms with van der Waals surface area (Å²) in [6.45, 7) is 10.8. The number of benzene rings is 1. The third-order valence-electron chi connectivity index (χ3n) is 4.70. The van der Waals surface area contributed by atoms with Crippen molar-refractivity contribution in [1.82, 2.24) is 10.2 Å². The van der Waals surface area contributed by atoms with Crippen molar-refractivity contribution in [3.8, 4) is 0 Å². The number of aryl methyl sites for hydroxylation is 2. The van der Waals surface area contributed by atoms with E-state index in [1.165, 1.54) is 37.1 Å². The summed E-state index contributed by atoms with van der Waals surface area (Å²) < 4.78 is 0. The molecule has 1 amide bonds. The number of carbonyl (C=O) groups is 1. The molecule has 1 N–H and O–H groups in total. The number of carbonyl (C=O) groups excluding carboxylic acids is 1. The van der Waals surface area contributed by atoms with Crippen LogP contribution in [-0.2, 0) is 11.2 Å². The van der Waals surface area contributed by atoms with Crippen LogP contribution in [0.1, 0.15) is 42.9 Å². The number of nitrogens with one attached hydrogen (secondary N) is 1. The highest BCUT2D eigenvalue weighted by molar-refractivity contribution is 5.78. The van der Waals surface area contributed by atoms with Gasteiger partial charge in [-0.05, 0) is 69.8 Å². The molecule has 0 unspecified atom stereocenters. The third-order valence-corrected chi connectivity index (χ3v) is 4.70. The molecular weight excluding hydrogens is 272 g/mol. The minimum atomic E-state index is 0.138. The van der Waals surface area contributed by atoms with E-state index in [9.17, 15) is 4.79 Å². The zero-order valence-corrected chi connectivity index (χ0v) is 14.3. The fourth-order valence-corrected chi connectivity index (χ4v) is 3.10. The molecule has 0 atom stereocenters. The van der Waals surface area contributed by atoms with Gasteiger partial charge in [-0.3, -0.25) is 4.79 Å². The molecule has 0 bridgehead atoms. The van der Waals surface area contributed by atoms with Crippen LogP contribution in [0.3, 0.4) is 0 Å². The normalized spacial score (nSPS) is 16.7. The van der Waals surface area contributed by atoms with E-state index in [2.05, 4.69) is 49.2 Å². The van der Waals surface area contributed by atoms with Crippen molar-refractivity contribution in [1.29, 1.82) is 0 Å². The highest BCUT2D eigenvalue weighted by Gasteiger charge is 2.14. The maximum Gasteiger partial charge on any atom is 0.224 e. The molecule has 1 fully saturated rings. The molecule has 1 aliphatic heterocycles. The third kappa shape index (κ3) is 5.45. The van der Waals surface area contributed by atoms with Gasteiger partial charge < -0.3 is 10.2 Å². The van der Waals surface area contributed by atoms with Gasteiger partial charge in [-0.1, -0.05) is 30.7 Å².